The van der Waals surface area contributed by atoms with E-state index < -0.39 is 6.10 Å². The molecule has 2 N–H and O–H groups in total. The highest BCUT2D eigenvalue weighted by atomic mass is 19.1. The van der Waals surface area contributed by atoms with E-state index in [0.29, 0.717) is 24.6 Å². The van der Waals surface area contributed by atoms with Crippen LogP contribution in [-0.4, -0.2) is 38.1 Å². The molecule has 0 saturated carbocycles. The van der Waals surface area contributed by atoms with Crippen molar-refractivity contribution in [1.82, 2.24) is 14.5 Å². The lowest BCUT2D eigenvalue weighted by Crippen LogP contribution is -2.44. The van der Waals surface area contributed by atoms with Crippen molar-refractivity contribution < 1.29 is 14.3 Å². The van der Waals surface area contributed by atoms with Crippen molar-refractivity contribution in [1.29, 1.82) is 0 Å². The number of aromatic nitrogens is 2. The molecule has 0 spiro atoms. The van der Waals surface area contributed by atoms with Gasteiger partial charge in [0, 0.05) is 30.8 Å². The van der Waals surface area contributed by atoms with E-state index in [1.165, 1.54) is 12.1 Å². The van der Waals surface area contributed by atoms with E-state index in [9.17, 15) is 14.3 Å². The van der Waals surface area contributed by atoms with Gasteiger partial charge in [0.1, 0.15) is 29.3 Å². The standard InChI is InChI=1S/C28H27FN4O2/c1-19-7-13-23(14-8-19)30-27-26(21-9-11-22(29)12-10-21)31-25-18-32(15-16-33(25)27)28(35)24(34)17-20-5-3-2-4-6-20/h2-14,24,30,34H,15-18H2,1H3/t24-/m0/s1. The van der Waals surface area contributed by atoms with Crippen LogP contribution in [0.3, 0.4) is 0 Å². The van der Waals surface area contributed by atoms with Gasteiger partial charge in [-0.2, -0.15) is 0 Å². The molecule has 7 heteroatoms. The number of aryl methyl sites for hydroxylation is 1. The highest BCUT2D eigenvalue weighted by Gasteiger charge is 2.30. The van der Waals surface area contributed by atoms with Crippen LogP contribution in [0.15, 0.2) is 78.9 Å². The first-order valence-corrected chi connectivity index (χ1v) is 11.7. The summed E-state index contributed by atoms with van der Waals surface area (Å²) in [5.41, 5.74) is 4.46. The van der Waals surface area contributed by atoms with Crippen molar-refractivity contribution in [2.45, 2.75) is 32.5 Å². The van der Waals surface area contributed by atoms with Gasteiger partial charge in [-0.3, -0.25) is 4.79 Å². The van der Waals surface area contributed by atoms with Gasteiger partial charge in [0.25, 0.3) is 5.91 Å². The number of anilines is 2. The minimum absolute atomic E-state index is 0.270. The average Bonchev–Trinajstić information content (AvgIpc) is 3.23. The Morgan fingerprint density at radius 1 is 1.03 bits per heavy atom. The van der Waals surface area contributed by atoms with E-state index in [1.54, 1.807) is 17.0 Å². The molecule has 6 nitrogen and oxygen atoms in total. The number of halogens is 1. The minimum atomic E-state index is -1.11. The molecule has 1 aliphatic rings. The van der Waals surface area contributed by atoms with Crippen LogP contribution >= 0.6 is 0 Å². The van der Waals surface area contributed by atoms with Crippen molar-refractivity contribution >= 4 is 17.4 Å². The van der Waals surface area contributed by atoms with Gasteiger partial charge in [-0.1, -0.05) is 48.0 Å². The number of nitrogens with one attached hydrogen (secondary N) is 1. The highest BCUT2D eigenvalue weighted by molar-refractivity contribution is 5.81. The molecule has 0 unspecified atom stereocenters. The van der Waals surface area contributed by atoms with Gasteiger partial charge in [0.15, 0.2) is 0 Å². The third kappa shape index (κ3) is 4.95. The second kappa shape index (κ2) is 9.72. The summed E-state index contributed by atoms with van der Waals surface area (Å²) in [7, 11) is 0. The molecule has 0 bridgehead atoms. The van der Waals surface area contributed by atoms with Crippen molar-refractivity contribution in [3.8, 4) is 11.3 Å². The SMILES string of the molecule is Cc1ccc(Nc2c(-c3ccc(F)cc3)nc3n2CCN(C(=O)[C@@H](O)Cc2ccccc2)C3)cc1. The Morgan fingerprint density at radius 2 is 1.74 bits per heavy atom. The predicted molar refractivity (Wildman–Crippen MR) is 134 cm³/mol. The Balaban J connectivity index is 1.42. The maximum atomic E-state index is 13.6. The van der Waals surface area contributed by atoms with Gasteiger partial charge in [-0.15, -0.1) is 0 Å². The Labute approximate surface area is 203 Å². The lowest BCUT2D eigenvalue weighted by molar-refractivity contribution is -0.141. The summed E-state index contributed by atoms with van der Waals surface area (Å²) in [4.78, 5) is 19.5. The molecule has 2 heterocycles. The molecule has 0 aliphatic carbocycles. The Hall–Kier alpha value is -3.97. The molecule has 3 aromatic carbocycles. The minimum Gasteiger partial charge on any atom is -0.383 e. The number of aliphatic hydroxyl groups excluding tert-OH is 1. The number of nitrogens with zero attached hydrogens (tertiary/aromatic N) is 3. The number of carbonyl (C=O) groups excluding carboxylic acids is 1. The van der Waals surface area contributed by atoms with Crippen LogP contribution in [0.2, 0.25) is 0 Å². The summed E-state index contributed by atoms with van der Waals surface area (Å²) >= 11 is 0. The maximum absolute atomic E-state index is 13.6. The first-order valence-electron chi connectivity index (χ1n) is 11.7. The summed E-state index contributed by atoms with van der Waals surface area (Å²) < 4.78 is 15.6. The van der Waals surface area contributed by atoms with E-state index in [2.05, 4.69) is 9.88 Å². The first-order chi connectivity index (χ1) is 17.0. The third-order valence-corrected chi connectivity index (χ3v) is 6.27. The molecule has 5 rings (SSSR count). The number of carbonyl (C=O) groups is 1. The molecule has 0 radical (unpaired) electrons. The second-order valence-corrected chi connectivity index (χ2v) is 8.84. The van der Waals surface area contributed by atoms with Crippen LogP contribution in [-0.2, 0) is 24.3 Å². The molecule has 4 aromatic rings. The quantitative estimate of drug-likeness (QED) is 0.429. The summed E-state index contributed by atoms with van der Waals surface area (Å²) in [6.07, 6.45) is -0.841. The van der Waals surface area contributed by atoms with E-state index in [1.807, 2.05) is 61.5 Å². The number of benzene rings is 3. The van der Waals surface area contributed by atoms with Gasteiger partial charge in [0.05, 0.1) is 6.54 Å². The van der Waals surface area contributed by atoms with Crippen LogP contribution in [0, 0.1) is 12.7 Å². The zero-order chi connectivity index (χ0) is 24.4. The molecule has 35 heavy (non-hydrogen) atoms. The molecular formula is C28H27FN4O2. The van der Waals surface area contributed by atoms with Crippen LogP contribution in [0.4, 0.5) is 15.9 Å². The van der Waals surface area contributed by atoms with Crippen molar-refractivity contribution in [3.63, 3.8) is 0 Å². The van der Waals surface area contributed by atoms with Crippen molar-refractivity contribution in [2.75, 3.05) is 11.9 Å². The normalized spacial score (nSPS) is 13.9. The molecule has 1 aliphatic heterocycles. The molecule has 178 valence electrons. The Morgan fingerprint density at radius 3 is 2.46 bits per heavy atom. The number of fused-ring (bicyclic) bond motifs is 1. The Kier molecular flexibility index (Phi) is 6.33. The van der Waals surface area contributed by atoms with E-state index in [0.717, 1.165) is 28.2 Å². The fourth-order valence-electron chi connectivity index (χ4n) is 4.36. The number of aliphatic hydroxyl groups is 1. The van der Waals surface area contributed by atoms with E-state index in [-0.39, 0.29) is 24.7 Å². The molecule has 0 saturated heterocycles. The van der Waals surface area contributed by atoms with Crippen molar-refractivity contribution in [3.05, 3.63) is 102 Å². The van der Waals surface area contributed by atoms with Crippen molar-refractivity contribution in [2.24, 2.45) is 0 Å². The van der Waals surface area contributed by atoms with Gasteiger partial charge in [0.2, 0.25) is 0 Å². The van der Waals surface area contributed by atoms with Crippen LogP contribution in [0.25, 0.3) is 11.3 Å². The largest absolute Gasteiger partial charge is 0.383 e. The topological polar surface area (TPSA) is 70.4 Å². The average molecular weight is 471 g/mol. The molecule has 1 amide bonds. The van der Waals surface area contributed by atoms with Gasteiger partial charge >= 0.3 is 0 Å². The lowest BCUT2D eigenvalue weighted by Gasteiger charge is -2.30. The fourth-order valence-corrected chi connectivity index (χ4v) is 4.36. The Bertz CT molecular complexity index is 1320. The molecule has 1 aromatic heterocycles. The fraction of sp³-hybridized carbons (Fsp3) is 0.214. The van der Waals surface area contributed by atoms with Crippen LogP contribution in [0.1, 0.15) is 17.0 Å². The smallest absolute Gasteiger partial charge is 0.252 e. The number of hydrogen-bond acceptors (Lipinski definition) is 4. The van der Waals surface area contributed by atoms with E-state index >= 15 is 0 Å². The molecular weight excluding hydrogens is 443 g/mol. The predicted octanol–water partition coefficient (Wildman–Crippen LogP) is 4.69. The van der Waals surface area contributed by atoms with Gasteiger partial charge < -0.3 is 19.9 Å². The number of rotatable bonds is 6. The zero-order valence-electron chi connectivity index (χ0n) is 19.5. The number of amides is 1. The molecule has 1 atom stereocenters. The van der Waals surface area contributed by atoms with Crippen LogP contribution in [0.5, 0.6) is 0 Å². The lowest BCUT2D eigenvalue weighted by atomic mass is 10.1. The number of imidazole rings is 1. The van der Waals surface area contributed by atoms with Gasteiger partial charge in [-0.25, -0.2) is 9.37 Å². The van der Waals surface area contributed by atoms with Gasteiger partial charge in [-0.05, 0) is 48.9 Å². The summed E-state index contributed by atoms with van der Waals surface area (Å²) in [6.45, 7) is 3.31. The number of hydrogen-bond donors (Lipinski definition) is 2. The van der Waals surface area contributed by atoms with Crippen LogP contribution < -0.4 is 5.32 Å². The third-order valence-electron chi connectivity index (χ3n) is 6.27. The molecule has 0 fully saturated rings. The first kappa shape index (κ1) is 22.8. The zero-order valence-corrected chi connectivity index (χ0v) is 19.5. The maximum Gasteiger partial charge on any atom is 0.252 e. The summed E-state index contributed by atoms with van der Waals surface area (Å²) in [6, 6.07) is 23.8. The van der Waals surface area contributed by atoms with E-state index in [4.69, 9.17) is 4.98 Å². The highest BCUT2D eigenvalue weighted by Crippen LogP contribution is 2.33. The second-order valence-electron chi connectivity index (χ2n) is 8.84. The summed E-state index contributed by atoms with van der Waals surface area (Å²) in [5, 5.41) is 14.1. The monoisotopic (exact) mass is 470 g/mol. The summed E-state index contributed by atoms with van der Waals surface area (Å²) in [5.74, 6) is 0.896.